The molecule has 9 heteroatoms. The number of piperidine rings is 1. The Morgan fingerprint density at radius 2 is 1.91 bits per heavy atom. The summed E-state index contributed by atoms with van der Waals surface area (Å²) in [6.45, 7) is 1.75. The van der Waals surface area contributed by atoms with Crippen LogP contribution in [0, 0.1) is 5.82 Å². The molecule has 0 saturated carbocycles. The molecule has 1 aromatic heterocycles. The van der Waals surface area contributed by atoms with E-state index >= 15 is 0 Å². The number of pyridine rings is 1. The average Bonchev–Trinajstić information content (AvgIpc) is 3.26. The van der Waals surface area contributed by atoms with Crippen LogP contribution < -0.4 is 9.64 Å². The van der Waals surface area contributed by atoms with E-state index in [0.717, 1.165) is 24.2 Å². The van der Waals surface area contributed by atoms with Gasteiger partial charge in [0.15, 0.2) is 6.10 Å². The number of para-hydroxylation sites is 1. The molecule has 1 unspecified atom stereocenters. The third-order valence-electron chi connectivity index (χ3n) is 6.40. The van der Waals surface area contributed by atoms with Gasteiger partial charge in [0, 0.05) is 43.2 Å². The van der Waals surface area contributed by atoms with Gasteiger partial charge in [0.25, 0.3) is 11.8 Å². The van der Waals surface area contributed by atoms with Gasteiger partial charge in [-0.25, -0.2) is 18.2 Å². The van der Waals surface area contributed by atoms with Crippen molar-refractivity contribution >= 4 is 22.5 Å². The number of likely N-dealkylation sites (tertiary alicyclic amines) is 1. The first kappa shape index (κ1) is 22.5. The van der Waals surface area contributed by atoms with E-state index in [0.29, 0.717) is 12.2 Å². The van der Waals surface area contributed by atoms with Crippen molar-refractivity contribution in [2.24, 2.45) is 0 Å². The monoisotopic (exact) mass is 470 g/mol. The van der Waals surface area contributed by atoms with E-state index in [1.165, 1.54) is 23.1 Å². The van der Waals surface area contributed by atoms with Crippen molar-refractivity contribution in [3.8, 4) is 5.88 Å². The Hall–Kier alpha value is -3.33. The zero-order chi connectivity index (χ0) is 23.9. The van der Waals surface area contributed by atoms with Crippen LogP contribution in [0.2, 0.25) is 0 Å². The summed E-state index contributed by atoms with van der Waals surface area (Å²) < 4.78 is 49.6. The van der Waals surface area contributed by atoms with Crippen molar-refractivity contribution in [2.45, 2.75) is 18.4 Å². The number of carbonyl (C=O) groups is 1. The van der Waals surface area contributed by atoms with Crippen LogP contribution in [0.4, 0.5) is 18.9 Å². The summed E-state index contributed by atoms with van der Waals surface area (Å²) >= 11 is 0. The number of carbonyl (C=O) groups excluding carboxylic acids is 1. The Balaban J connectivity index is 1.35. The van der Waals surface area contributed by atoms with Crippen LogP contribution in [0.1, 0.15) is 16.8 Å². The second-order valence-electron chi connectivity index (χ2n) is 8.86. The van der Waals surface area contributed by atoms with Gasteiger partial charge in [0.2, 0.25) is 5.88 Å². The maximum atomic E-state index is 14.7. The molecule has 0 spiro atoms. The van der Waals surface area contributed by atoms with Crippen LogP contribution in [0.5, 0.6) is 5.88 Å². The van der Waals surface area contributed by atoms with Gasteiger partial charge in [-0.2, -0.15) is 0 Å². The van der Waals surface area contributed by atoms with Crippen molar-refractivity contribution in [2.75, 3.05) is 44.8 Å². The number of benzene rings is 2. The second kappa shape index (κ2) is 8.79. The number of hydrogen-bond donors (Lipinski definition) is 0. The van der Waals surface area contributed by atoms with Crippen LogP contribution >= 0.6 is 0 Å². The fourth-order valence-electron chi connectivity index (χ4n) is 4.42. The quantitative estimate of drug-likeness (QED) is 0.577. The van der Waals surface area contributed by atoms with Crippen molar-refractivity contribution in [3.05, 3.63) is 66.0 Å². The van der Waals surface area contributed by atoms with Gasteiger partial charge in [0.1, 0.15) is 5.82 Å². The molecule has 0 bridgehead atoms. The van der Waals surface area contributed by atoms with E-state index in [-0.39, 0.29) is 24.5 Å². The number of nitrogens with zero attached hydrogens (tertiary/aromatic N) is 4. The minimum atomic E-state index is -3.15. The van der Waals surface area contributed by atoms with E-state index < -0.39 is 30.2 Å². The second-order valence-corrected chi connectivity index (χ2v) is 8.86. The van der Waals surface area contributed by atoms with Crippen molar-refractivity contribution in [3.63, 3.8) is 0 Å². The lowest BCUT2D eigenvalue weighted by Crippen LogP contribution is -2.55. The third-order valence-corrected chi connectivity index (χ3v) is 6.40. The molecule has 0 aliphatic carbocycles. The Morgan fingerprint density at radius 1 is 1.09 bits per heavy atom. The largest absolute Gasteiger partial charge is 0.466 e. The number of hydrogen-bond acceptors (Lipinski definition) is 5. The number of rotatable bonds is 4. The zero-order valence-electron chi connectivity index (χ0n) is 18.8. The van der Waals surface area contributed by atoms with Gasteiger partial charge in [-0.05, 0) is 37.4 Å². The Labute approximate surface area is 195 Å². The topological polar surface area (TPSA) is 48.9 Å². The first-order chi connectivity index (χ1) is 16.3. The average molecular weight is 470 g/mol. The molecule has 34 heavy (non-hydrogen) atoms. The number of alkyl halides is 2. The molecule has 0 radical (unpaired) electrons. The zero-order valence-corrected chi connectivity index (χ0v) is 18.8. The SMILES string of the molecule is CN1CCN(c2ccc(F)c(C(=O)N3CCC(F)(F)C(Oc4ccc5ccccc5n4)C3)c2)C1. The van der Waals surface area contributed by atoms with Crippen LogP contribution in [0.25, 0.3) is 10.9 Å². The molecule has 2 fully saturated rings. The lowest BCUT2D eigenvalue weighted by atomic mass is 10.0. The van der Waals surface area contributed by atoms with E-state index in [1.807, 2.05) is 24.1 Å². The predicted octanol–water partition coefficient (Wildman–Crippen LogP) is 4.01. The van der Waals surface area contributed by atoms with Gasteiger partial charge < -0.3 is 14.5 Å². The standard InChI is InChI=1S/C25H25F3N4O2/c1-30-12-13-32(16-30)18-7-8-20(26)19(14-18)24(33)31-11-10-25(27,28)22(15-31)34-23-9-6-17-4-2-3-5-21(17)29-23/h2-9,14,22H,10-13,15-16H2,1H3. The molecule has 6 nitrogen and oxygen atoms in total. The van der Waals surface area contributed by atoms with E-state index in [2.05, 4.69) is 9.88 Å². The lowest BCUT2D eigenvalue weighted by Gasteiger charge is -2.38. The highest BCUT2D eigenvalue weighted by Gasteiger charge is 2.47. The van der Waals surface area contributed by atoms with Crippen LogP contribution in [0.15, 0.2) is 54.6 Å². The maximum absolute atomic E-state index is 14.7. The molecule has 1 atom stereocenters. The highest BCUT2D eigenvalue weighted by atomic mass is 19.3. The number of aromatic nitrogens is 1. The maximum Gasteiger partial charge on any atom is 0.287 e. The predicted molar refractivity (Wildman–Crippen MR) is 123 cm³/mol. The van der Waals surface area contributed by atoms with Crippen molar-refractivity contribution in [1.82, 2.24) is 14.8 Å². The summed E-state index contributed by atoms with van der Waals surface area (Å²) in [5, 5.41) is 0.863. The molecule has 3 aromatic rings. The minimum absolute atomic E-state index is 0.0593. The summed E-state index contributed by atoms with van der Waals surface area (Å²) in [6, 6.07) is 15.0. The van der Waals surface area contributed by atoms with E-state index in [9.17, 15) is 18.0 Å². The smallest absolute Gasteiger partial charge is 0.287 e. The molecular weight excluding hydrogens is 445 g/mol. The summed E-state index contributed by atoms with van der Waals surface area (Å²) in [5.74, 6) is -4.39. The highest BCUT2D eigenvalue weighted by Crippen LogP contribution is 2.33. The van der Waals surface area contributed by atoms with Gasteiger partial charge in [-0.1, -0.05) is 18.2 Å². The van der Waals surface area contributed by atoms with Gasteiger partial charge in [-0.15, -0.1) is 0 Å². The molecule has 178 valence electrons. The number of ether oxygens (including phenoxy) is 1. The first-order valence-corrected chi connectivity index (χ1v) is 11.2. The number of halogens is 3. The van der Waals surface area contributed by atoms with Crippen molar-refractivity contribution < 1.29 is 22.7 Å². The molecular formula is C25H25F3N4O2. The van der Waals surface area contributed by atoms with Crippen LogP contribution in [0.3, 0.4) is 0 Å². The lowest BCUT2D eigenvalue weighted by molar-refractivity contribution is -0.131. The van der Waals surface area contributed by atoms with Gasteiger partial charge in [-0.3, -0.25) is 9.69 Å². The number of anilines is 1. The molecule has 0 N–H and O–H groups in total. The summed E-state index contributed by atoms with van der Waals surface area (Å²) in [7, 11) is 1.98. The summed E-state index contributed by atoms with van der Waals surface area (Å²) in [4.78, 5) is 22.9. The fraction of sp³-hybridized carbons (Fsp3) is 0.360. The molecule has 2 aromatic carbocycles. The van der Waals surface area contributed by atoms with E-state index in [4.69, 9.17) is 4.74 Å². The highest BCUT2D eigenvalue weighted by molar-refractivity contribution is 5.95. The Kier molecular flexibility index (Phi) is 5.81. The summed E-state index contributed by atoms with van der Waals surface area (Å²) in [6.07, 6.45) is -2.16. The summed E-state index contributed by atoms with van der Waals surface area (Å²) in [5.41, 5.74) is 1.22. The van der Waals surface area contributed by atoms with Crippen molar-refractivity contribution in [1.29, 1.82) is 0 Å². The molecule has 2 aliphatic rings. The molecule has 5 rings (SSSR count). The Morgan fingerprint density at radius 3 is 2.71 bits per heavy atom. The normalized spacial score (nSPS) is 20.6. The van der Waals surface area contributed by atoms with Crippen LogP contribution in [-0.4, -0.2) is 72.6 Å². The first-order valence-electron chi connectivity index (χ1n) is 11.2. The fourth-order valence-corrected chi connectivity index (χ4v) is 4.42. The van der Waals surface area contributed by atoms with Gasteiger partial charge in [0.05, 0.1) is 24.3 Å². The molecule has 2 saturated heterocycles. The van der Waals surface area contributed by atoms with Gasteiger partial charge >= 0.3 is 0 Å². The Bertz CT molecular complexity index is 1220. The third kappa shape index (κ3) is 4.40. The molecule has 3 heterocycles. The number of amides is 1. The molecule has 1 amide bonds. The minimum Gasteiger partial charge on any atom is -0.466 e. The van der Waals surface area contributed by atoms with E-state index in [1.54, 1.807) is 24.3 Å². The number of fused-ring (bicyclic) bond motifs is 1. The number of likely N-dealkylation sites (N-methyl/N-ethyl adjacent to an activating group) is 1. The van der Waals surface area contributed by atoms with Crippen LogP contribution in [-0.2, 0) is 0 Å². The molecule has 2 aliphatic heterocycles.